The van der Waals surface area contributed by atoms with Crippen molar-refractivity contribution in [3.8, 4) is 5.75 Å². The highest BCUT2D eigenvalue weighted by Gasteiger charge is 2.07. The normalized spacial score (nSPS) is 9.92. The van der Waals surface area contributed by atoms with Crippen LogP contribution in [0.2, 0.25) is 0 Å². The lowest BCUT2D eigenvalue weighted by atomic mass is 10.2. The third-order valence-electron chi connectivity index (χ3n) is 1.49. The van der Waals surface area contributed by atoms with E-state index in [2.05, 4.69) is 4.84 Å². The molecule has 0 aliphatic heterocycles. The Bertz CT molecular complexity index is 265. The van der Waals surface area contributed by atoms with E-state index in [9.17, 15) is 4.39 Å². The molecule has 0 heterocycles. The highest BCUT2D eigenvalue weighted by Crippen LogP contribution is 2.22. The van der Waals surface area contributed by atoms with Crippen molar-refractivity contribution < 1.29 is 14.0 Å². The molecule has 0 unspecified atom stereocenters. The van der Waals surface area contributed by atoms with Gasteiger partial charge < -0.3 is 4.74 Å². The van der Waals surface area contributed by atoms with Crippen molar-refractivity contribution in [1.29, 1.82) is 0 Å². The molecule has 4 heteroatoms. The minimum Gasteiger partial charge on any atom is -0.493 e. The van der Waals surface area contributed by atoms with Gasteiger partial charge in [-0.25, -0.2) is 10.3 Å². The zero-order valence-corrected chi connectivity index (χ0v) is 6.71. The van der Waals surface area contributed by atoms with Gasteiger partial charge in [0, 0.05) is 5.56 Å². The molecule has 0 aliphatic rings. The second-order valence-electron chi connectivity index (χ2n) is 2.24. The van der Waals surface area contributed by atoms with Gasteiger partial charge in [0.05, 0.1) is 13.7 Å². The molecule has 2 N–H and O–H groups in total. The van der Waals surface area contributed by atoms with Gasteiger partial charge in [-0.05, 0) is 6.07 Å². The maximum absolute atomic E-state index is 13.0. The van der Waals surface area contributed by atoms with Crippen LogP contribution in [0.15, 0.2) is 18.2 Å². The molecule has 0 saturated carbocycles. The maximum Gasteiger partial charge on any atom is 0.165 e. The molecule has 66 valence electrons. The summed E-state index contributed by atoms with van der Waals surface area (Å²) in [6, 6.07) is 4.58. The number of nitrogens with two attached hydrogens (primary N) is 1. The Labute approximate surface area is 69.8 Å². The van der Waals surface area contributed by atoms with Crippen LogP contribution in [-0.4, -0.2) is 7.11 Å². The van der Waals surface area contributed by atoms with Crippen LogP contribution >= 0.6 is 0 Å². The summed E-state index contributed by atoms with van der Waals surface area (Å²) >= 11 is 0. The van der Waals surface area contributed by atoms with Gasteiger partial charge in [0.25, 0.3) is 0 Å². The number of para-hydroxylation sites is 1. The first-order valence-corrected chi connectivity index (χ1v) is 3.42. The predicted molar refractivity (Wildman–Crippen MR) is 41.9 cm³/mol. The van der Waals surface area contributed by atoms with Gasteiger partial charge in [-0.3, -0.25) is 4.84 Å². The first kappa shape index (κ1) is 8.96. The van der Waals surface area contributed by atoms with Crippen LogP contribution in [0.4, 0.5) is 4.39 Å². The van der Waals surface area contributed by atoms with Crippen LogP contribution in [-0.2, 0) is 11.4 Å². The second-order valence-corrected chi connectivity index (χ2v) is 2.24. The Morgan fingerprint density at radius 3 is 2.83 bits per heavy atom. The third kappa shape index (κ3) is 1.72. The van der Waals surface area contributed by atoms with Crippen molar-refractivity contribution in [3.05, 3.63) is 29.6 Å². The van der Waals surface area contributed by atoms with E-state index in [1.54, 1.807) is 12.1 Å². The molecule has 0 saturated heterocycles. The van der Waals surface area contributed by atoms with E-state index in [0.717, 1.165) is 0 Å². The fraction of sp³-hybridized carbons (Fsp3) is 0.250. The van der Waals surface area contributed by atoms with Gasteiger partial charge in [0.2, 0.25) is 0 Å². The molecule has 0 aliphatic carbocycles. The Morgan fingerprint density at radius 1 is 1.50 bits per heavy atom. The third-order valence-corrected chi connectivity index (χ3v) is 1.49. The molecular weight excluding hydrogens is 161 g/mol. The van der Waals surface area contributed by atoms with E-state index in [-0.39, 0.29) is 12.4 Å². The van der Waals surface area contributed by atoms with Crippen molar-refractivity contribution in [2.45, 2.75) is 6.61 Å². The van der Waals surface area contributed by atoms with Gasteiger partial charge in [-0.1, -0.05) is 12.1 Å². The number of hydrogen-bond donors (Lipinski definition) is 1. The Balaban J connectivity index is 3.00. The average molecular weight is 171 g/mol. The summed E-state index contributed by atoms with van der Waals surface area (Å²) in [6.45, 7) is 0.140. The van der Waals surface area contributed by atoms with Gasteiger partial charge in [0.15, 0.2) is 11.6 Å². The minimum atomic E-state index is -0.410. The fourth-order valence-corrected chi connectivity index (χ4v) is 0.986. The van der Waals surface area contributed by atoms with E-state index in [1.807, 2.05) is 0 Å². The van der Waals surface area contributed by atoms with E-state index < -0.39 is 5.82 Å². The number of methoxy groups -OCH3 is 1. The summed E-state index contributed by atoms with van der Waals surface area (Å²) in [5, 5.41) is 0. The number of ether oxygens (including phenoxy) is 1. The fourth-order valence-electron chi connectivity index (χ4n) is 0.986. The molecule has 0 bridgehead atoms. The quantitative estimate of drug-likeness (QED) is 0.695. The zero-order valence-electron chi connectivity index (χ0n) is 6.71. The summed E-state index contributed by atoms with van der Waals surface area (Å²) in [5.41, 5.74) is 0.597. The molecule has 0 radical (unpaired) electrons. The Morgan fingerprint density at radius 2 is 2.25 bits per heavy atom. The van der Waals surface area contributed by atoms with Gasteiger partial charge in [0.1, 0.15) is 0 Å². The molecule has 0 fully saturated rings. The first-order valence-electron chi connectivity index (χ1n) is 3.42. The van der Waals surface area contributed by atoms with Crippen LogP contribution < -0.4 is 10.6 Å². The van der Waals surface area contributed by atoms with Crippen LogP contribution in [0.25, 0.3) is 0 Å². The predicted octanol–water partition coefficient (Wildman–Crippen LogP) is 1.22. The largest absolute Gasteiger partial charge is 0.493 e. The second kappa shape index (κ2) is 4.04. The van der Waals surface area contributed by atoms with Gasteiger partial charge in [-0.2, -0.15) is 0 Å². The SMILES string of the molecule is COc1c(F)cccc1CON. The lowest BCUT2D eigenvalue weighted by Gasteiger charge is -2.07. The summed E-state index contributed by atoms with van der Waals surface area (Å²) in [4.78, 5) is 4.38. The molecule has 12 heavy (non-hydrogen) atoms. The molecule has 0 aromatic heterocycles. The van der Waals surface area contributed by atoms with Crippen LogP contribution in [0, 0.1) is 5.82 Å². The van der Waals surface area contributed by atoms with E-state index in [1.165, 1.54) is 13.2 Å². The number of rotatable bonds is 3. The number of halogens is 1. The average Bonchev–Trinajstić information content (AvgIpc) is 2.05. The highest BCUT2D eigenvalue weighted by molar-refractivity contribution is 5.34. The van der Waals surface area contributed by atoms with Gasteiger partial charge in [-0.15, -0.1) is 0 Å². The molecule has 1 aromatic carbocycles. The number of benzene rings is 1. The van der Waals surface area contributed by atoms with Crippen molar-refractivity contribution in [2.24, 2.45) is 5.90 Å². The van der Waals surface area contributed by atoms with E-state index in [0.29, 0.717) is 5.56 Å². The summed E-state index contributed by atoms with van der Waals surface area (Å²) in [6.07, 6.45) is 0. The smallest absolute Gasteiger partial charge is 0.165 e. The molecule has 1 aromatic rings. The summed E-state index contributed by atoms with van der Waals surface area (Å²) in [7, 11) is 1.40. The molecular formula is C8H10FNO2. The van der Waals surface area contributed by atoms with E-state index >= 15 is 0 Å². The zero-order chi connectivity index (χ0) is 8.97. The highest BCUT2D eigenvalue weighted by atomic mass is 19.1. The first-order chi connectivity index (χ1) is 5.79. The van der Waals surface area contributed by atoms with Crippen molar-refractivity contribution in [2.75, 3.05) is 7.11 Å². The summed E-state index contributed by atoms with van der Waals surface area (Å²) < 4.78 is 17.8. The minimum absolute atomic E-state index is 0.140. The Kier molecular flexibility index (Phi) is 3.01. The van der Waals surface area contributed by atoms with Crippen molar-refractivity contribution in [3.63, 3.8) is 0 Å². The van der Waals surface area contributed by atoms with Crippen molar-refractivity contribution in [1.82, 2.24) is 0 Å². The molecule has 0 spiro atoms. The van der Waals surface area contributed by atoms with Gasteiger partial charge >= 0.3 is 0 Å². The molecule has 0 amide bonds. The lowest BCUT2D eigenvalue weighted by Crippen LogP contribution is -2.02. The summed E-state index contributed by atoms with van der Waals surface area (Å²) in [5.74, 6) is 4.63. The molecule has 0 atom stereocenters. The van der Waals surface area contributed by atoms with Crippen LogP contribution in [0.3, 0.4) is 0 Å². The lowest BCUT2D eigenvalue weighted by molar-refractivity contribution is 0.121. The van der Waals surface area contributed by atoms with E-state index in [4.69, 9.17) is 10.6 Å². The van der Waals surface area contributed by atoms with Crippen molar-refractivity contribution >= 4 is 0 Å². The topological polar surface area (TPSA) is 44.5 Å². The maximum atomic E-state index is 13.0. The Hall–Kier alpha value is -1.13. The monoisotopic (exact) mass is 171 g/mol. The van der Waals surface area contributed by atoms with Crippen LogP contribution in [0.5, 0.6) is 5.75 Å². The van der Waals surface area contributed by atoms with Crippen LogP contribution in [0.1, 0.15) is 5.56 Å². The molecule has 3 nitrogen and oxygen atoms in total. The standard InChI is InChI=1S/C8H10FNO2/c1-11-8-6(5-12-10)3-2-4-7(8)9/h2-4H,5,10H2,1H3. The number of hydrogen-bond acceptors (Lipinski definition) is 3. The molecule has 1 rings (SSSR count).